The molecule has 0 aromatic rings. The molecular formula is C14H29N. The molecule has 0 amide bonds. The molecule has 0 aliphatic rings. The average Bonchev–Trinajstić information content (AvgIpc) is 2.11. The quantitative estimate of drug-likeness (QED) is 0.660. The molecule has 0 radical (unpaired) electrons. The van der Waals surface area contributed by atoms with Crippen molar-refractivity contribution >= 4 is 0 Å². The highest BCUT2D eigenvalue weighted by atomic mass is 14.8. The van der Waals surface area contributed by atoms with Gasteiger partial charge in [0.2, 0.25) is 0 Å². The first-order valence-electron chi connectivity index (χ1n) is 6.12. The predicted octanol–water partition coefficient (Wildman–Crippen LogP) is 4.35. The van der Waals surface area contributed by atoms with Crippen molar-refractivity contribution < 1.29 is 0 Å². The SMILES string of the molecule is C=C(NC)C(C)(C)CC(C)(C)CCCC. The van der Waals surface area contributed by atoms with Crippen LogP contribution in [-0.2, 0) is 0 Å². The number of nitrogens with one attached hydrogen (secondary N) is 1. The Morgan fingerprint density at radius 2 is 1.73 bits per heavy atom. The fraction of sp³-hybridized carbons (Fsp3) is 0.857. The minimum atomic E-state index is 0.186. The van der Waals surface area contributed by atoms with Crippen LogP contribution in [-0.4, -0.2) is 7.05 Å². The summed E-state index contributed by atoms with van der Waals surface area (Å²) in [6.07, 6.45) is 5.12. The molecule has 0 saturated heterocycles. The van der Waals surface area contributed by atoms with Gasteiger partial charge in [-0.2, -0.15) is 0 Å². The highest BCUT2D eigenvalue weighted by Gasteiger charge is 2.30. The van der Waals surface area contributed by atoms with E-state index in [0.29, 0.717) is 5.41 Å². The van der Waals surface area contributed by atoms with Gasteiger partial charge in [-0.1, -0.05) is 54.0 Å². The van der Waals surface area contributed by atoms with Crippen LogP contribution in [0.4, 0.5) is 0 Å². The van der Waals surface area contributed by atoms with E-state index < -0.39 is 0 Å². The first-order valence-corrected chi connectivity index (χ1v) is 6.12. The molecular weight excluding hydrogens is 182 g/mol. The van der Waals surface area contributed by atoms with Crippen LogP contribution in [0.3, 0.4) is 0 Å². The zero-order valence-electron chi connectivity index (χ0n) is 11.5. The van der Waals surface area contributed by atoms with Crippen molar-refractivity contribution in [2.75, 3.05) is 7.05 Å². The summed E-state index contributed by atoms with van der Waals surface area (Å²) in [6, 6.07) is 0. The van der Waals surface area contributed by atoms with Crippen LogP contribution in [0.2, 0.25) is 0 Å². The third-order valence-corrected chi connectivity index (χ3v) is 3.25. The largest absolute Gasteiger partial charge is 0.391 e. The number of unbranched alkanes of at least 4 members (excludes halogenated alkanes) is 1. The predicted molar refractivity (Wildman–Crippen MR) is 69.9 cm³/mol. The molecule has 1 N–H and O–H groups in total. The second kappa shape index (κ2) is 5.58. The molecule has 90 valence electrons. The molecule has 0 aliphatic heterocycles. The van der Waals surface area contributed by atoms with Gasteiger partial charge in [-0.15, -0.1) is 0 Å². The van der Waals surface area contributed by atoms with Crippen LogP contribution in [0.25, 0.3) is 0 Å². The second-order valence-corrected chi connectivity index (χ2v) is 6.06. The lowest BCUT2D eigenvalue weighted by molar-refractivity contribution is 0.202. The molecule has 0 rings (SSSR count). The lowest BCUT2D eigenvalue weighted by Gasteiger charge is -2.36. The van der Waals surface area contributed by atoms with E-state index in [9.17, 15) is 0 Å². The van der Waals surface area contributed by atoms with Crippen molar-refractivity contribution in [2.24, 2.45) is 10.8 Å². The van der Waals surface area contributed by atoms with Gasteiger partial charge in [0.1, 0.15) is 0 Å². The molecule has 15 heavy (non-hydrogen) atoms. The maximum atomic E-state index is 4.10. The molecule has 0 saturated carbocycles. The topological polar surface area (TPSA) is 12.0 Å². The van der Waals surface area contributed by atoms with E-state index in [1.54, 1.807) is 0 Å². The van der Waals surface area contributed by atoms with Gasteiger partial charge >= 0.3 is 0 Å². The highest BCUT2D eigenvalue weighted by molar-refractivity contribution is 5.05. The molecule has 0 bridgehead atoms. The summed E-state index contributed by atoms with van der Waals surface area (Å²) in [5.41, 5.74) is 1.75. The first kappa shape index (κ1) is 14.5. The Kier molecular flexibility index (Phi) is 5.41. The zero-order chi connectivity index (χ0) is 12.1. The van der Waals surface area contributed by atoms with Gasteiger partial charge in [0.05, 0.1) is 0 Å². The van der Waals surface area contributed by atoms with Gasteiger partial charge in [-0.3, -0.25) is 0 Å². The number of hydrogen-bond donors (Lipinski definition) is 1. The molecule has 0 fully saturated rings. The summed E-state index contributed by atoms with van der Waals surface area (Å²) < 4.78 is 0. The third-order valence-electron chi connectivity index (χ3n) is 3.25. The molecule has 1 heteroatoms. The lowest BCUT2D eigenvalue weighted by Crippen LogP contribution is -2.29. The van der Waals surface area contributed by atoms with E-state index in [0.717, 1.165) is 5.70 Å². The van der Waals surface area contributed by atoms with Crippen LogP contribution in [0, 0.1) is 10.8 Å². The maximum Gasteiger partial charge on any atom is 0.00886 e. The van der Waals surface area contributed by atoms with Crippen LogP contribution < -0.4 is 5.32 Å². The molecule has 0 aromatic carbocycles. The Labute approximate surface area is 96.3 Å². The molecule has 0 unspecified atom stereocenters. The van der Waals surface area contributed by atoms with E-state index in [2.05, 4.69) is 46.5 Å². The van der Waals surface area contributed by atoms with Crippen molar-refractivity contribution in [1.82, 2.24) is 5.32 Å². The van der Waals surface area contributed by atoms with Crippen LogP contribution in [0.5, 0.6) is 0 Å². The summed E-state index contributed by atoms with van der Waals surface area (Å²) in [5, 5.41) is 3.19. The number of rotatable bonds is 7. The monoisotopic (exact) mass is 211 g/mol. The molecule has 0 spiro atoms. The van der Waals surface area contributed by atoms with Crippen LogP contribution in [0.1, 0.15) is 60.3 Å². The average molecular weight is 211 g/mol. The van der Waals surface area contributed by atoms with E-state index in [1.807, 2.05) is 7.05 Å². The van der Waals surface area contributed by atoms with Crippen molar-refractivity contribution in [1.29, 1.82) is 0 Å². The standard InChI is InChI=1S/C14H29N/c1-8-9-10-13(3,4)11-14(5,6)12(2)15-7/h15H,2,8-11H2,1,3-7H3. The summed E-state index contributed by atoms with van der Waals surface area (Å²) >= 11 is 0. The van der Waals surface area contributed by atoms with E-state index >= 15 is 0 Å². The van der Waals surface area contributed by atoms with Gasteiger partial charge in [0.15, 0.2) is 0 Å². The zero-order valence-corrected chi connectivity index (χ0v) is 11.5. The van der Waals surface area contributed by atoms with Crippen LogP contribution in [0.15, 0.2) is 12.3 Å². The van der Waals surface area contributed by atoms with Gasteiger partial charge in [-0.25, -0.2) is 0 Å². The molecule has 1 nitrogen and oxygen atoms in total. The summed E-state index contributed by atoms with van der Waals surface area (Å²) in [7, 11) is 1.96. The highest BCUT2D eigenvalue weighted by Crippen LogP contribution is 2.40. The second-order valence-electron chi connectivity index (χ2n) is 6.06. The fourth-order valence-electron chi connectivity index (χ4n) is 2.39. The van der Waals surface area contributed by atoms with Gasteiger partial charge < -0.3 is 5.32 Å². The van der Waals surface area contributed by atoms with Crippen LogP contribution >= 0.6 is 0 Å². The van der Waals surface area contributed by atoms with E-state index in [-0.39, 0.29) is 5.41 Å². The van der Waals surface area contributed by atoms with Gasteiger partial charge in [0.25, 0.3) is 0 Å². The molecule has 0 heterocycles. The minimum Gasteiger partial charge on any atom is -0.391 e. The van der Waals surface area contributed by atoms with E-state index in [4.69, 9.17) is 0 Å². The van der Waals surface area contributed by atoms with Gasteiger partial charge in [0, 0.05) is 18.2 Å². The third kappa shape index (κ3) is 5.25. The lowest BCUT2D eigenvalue weighted by atomic mass is 9.71. The summed E-state index contributed by atoms with van der Waals surface area (Å²) in [6.45, 7) is 15.6. The molecule has 0 aliphatic carbocycles. The minimum absolute atomic E-state index is 0.186. The fourth-order valence-corrected chi connectivity index (χ4v) is 2.39. The van der Waals surface area contributed by atoms with Crippen molar-refractivity contribution in [2.45, 2.75) is 60.3 Å². The van der Waals surface area contributed by atoms with E-state index in [1.165, 1.54) is 25.7 Å². The Morgan fingerprint density at radius 1 is 1.20 bits per heavy atom. The maximum absolute atomic E-state index is 4.10. The smallest absolute Gasteiger partial charge is 0.00886 e. The van der Waals surface area contributed by atoms with Gasteiger partial charge in [-0.05, 0) is 18.3 Å². The van der Waals surface area contributed by atoms with Crippen molar-refractivity contribution in [3.05, 3.63) is 12.3 Å². The normalized spacial score (nSPS) is 12.7. The Hall–Kier alpha value is -0.460. The van der Waals surface area contributed by atoms with Crippen molar-refractivity contribution in [3.63, 3.8) is 0 Å². The Bertz CT molecular complexity index is 201. The molecule has 0 aromatic heterocycles. The summed E-state index contributed by atoms with van der Waals surface area (Å²) in [5.74, 6) is 0. The Balaban J connectivity index is 4.35. The number of allylic oxidation sites excluding steroid dienone is 1. The molecule has 0 atom stereocenters. The summed E-state index contributed by atoms with van der Waals surface area (Å²) in [4.78, 5) is 0. The van der Waals surface area contributed by atoms with Crippen molar-refractivity contribution in [3.8, 4) is 0 Å². The number of hydrogen-bond acceptors (Lipinski definition) is 1. The first-order chi connectivity index (χ1) is 6.75. The Morgan fingerprint density at radius 3 is 2.13 bits per heavy atom.